The standard InChI is InChI=1S/C19H21N5O3/c1-12(22-18(25)26-19(2,3)4)17-23-16(24-27-17)15-9-8-13(11-21-15)14-7-5-6-10-20-14/h5-12H,1-4H3,(H,22,25). The maximum Gasteiger partial charge on any atom is 0.408 e. The van der Waals surface area contributed by atoms with Gasteiger partial charge in [0.05, 0.1) is 5.69 Å². The Morgan fingerprint density at radius 1 is 1.15 bits per heavy atom. The Balaban J connectivity index is 1.69. The molecule has 1 unspecified atom stereocenters. The Hall–Kier alpha value is -3.29. The molecular weight excluding hydrogens is 346 g/mol. The van der Waals surface area contributed by atoms with Crippen molar-refractivity contribution in [3.8, 4) is 22.8 Å². The van der Waals surface area contributed by atoms with Crippen LogP contribution >= 0.6 is 0 Å². The number of pyridine rings is 2. The summed E-state index contributed by atoms with van der Waals surface area (Å²) in [7, 11) is 0. The first-order valence-electron chi connectivity index (χ1n) is 8.53. The molecule has 0 bridgehead atoms. The van der Waals surface area contributed by atoms with E-state index in [-0.39, 0.29) is 5.89 Å². The van der Waals surface area contributed by atoms with Crippen LogP contribution in [0.5, 0.6) is 0 Å². The second-order valence-electron chi connectivity index (χ2n) is 6.97. The lowest BCUT2D eigenvalue weighted by atomic mass is 10.2. The molecule has 3 heterocycles. The van der Waals surface area contributed by atoms with E-state index >= 15 is 0 Å². The van der Waals surface area contributed by atoms with Crippen LogP contribution in [0.2, 0.25) is 0 Å². The van der Waals surface area contributed by atoms with Gasteiger partial charge in [-0.15, -0.1) is 0 Å². The smallest absolute Gasteiger partial charge is 0.408 e. The van der Waals surface area contributed by atoms with E-state index in [1.165, 1.54) is 0 Å². The van der Waals surface area contributed by atoms with Gasteiger partial charge in [0.2, 0.25) is 11.7 Å². The monoisotopic (exact) mass is 367 g/mol. The Labute approximate surface area is 157 Å². The van der Waals surface area contributed by atoms with Gasteiger partial charge in [0.25, 0.3) is 0 Å². The highest BCUT2D eigenvalue weighted by Gasteiger charge is 2.22. The summed E-state index contributed by atoms with van der Waals surface area (Å²) in [4.78, 5) is 24.8. The predicted molar refractivity (Wildman–Crippen MR) is 98.5 cm³/mol. The van der Waals surface area contributed by atoms with E-state index in [0.717, 1.165) is 11.3 Å². The van der Waals surface area contributed by atoms with Crippen molar-refractivity contribution in [3.05, 3.63) is 48.6 Å². The molecule has 8 heteroatoms. The van der Waals surface area contributed by atoms with Gasteiger partial charge in [-0.1, -0.05) is 11.2 Å². The zero-order valence-corrected chi connectivity index (χ0v) is 15.6. The predicted octanol–water partition coefficient (Wildman–Crippen LogP) is 3.78. The van der Waals surface area contributed by atoms with E-state index in [1.807, 2.05) is 24.3 Å². The van der Waals surface area contributed by atoms with Gasteiger partial charge in [-0.3, -0.25) is 9.97 Å². The van der Waals surface area contributed by atoms with Crippen LogP contribution in [0, 0.1) is 0 Å². The third-order valence-electron chi connectivity index (χ3n) is 3.50. The van der Waals surface area contributed by atoms with E-state index in [2.05, 4.69) is 25.4 Å². The number of ether oxygens (including phenoxy) is 1. The molecule has 3 rings (SSSR count). The van der Waals surface area contributed by atoms with Gasteiger partial charge in [0.15, 0.2) is 0 Å². The molecule has 0 aliphatic carbocycles. The summed E-state index contributed by atoms with van der Waals surface area (Å²) in [6.45, 7) is 7.12. The van der Waals surface area contributed by atoms with Crippen LogP contribution in [0.1, 0.15) is 39.6 Å². The molecule has 8 nitrogen and oxygen atoms in total. The number of carbonyl (C=O) groups excluding carboxylic acids is 1. The van der Waals surface area contributed by atoms with E-state index in [9.17, 15) is 4.79 Å². The number of aromatic nitrogens is 4. The third-order valence-corrected chi connectivity index (χ3v) is 3.50. The average Bonchev–Trinajstić information content (AvgIpc) is 3.11. The van der Waals surface area contributed by atoms with Crippen molar-refractivity contribution >= 4 is 6.09 Å². The fourth-order valence-electron chi connectivity index (χ4n) is 2.27. The summed E-state index contributed by atoms with van der Waals surface area (Å²) in [5, 5.41) is 6.60. The number of alkyl carbamates (subject to hydrolysis) is 1. The number of rotatable bonds is 4. The summed E-state index contributed by atoms with van der Waals surface area (Å²) in [5.41, 5.74) is 1.71. The van der Waals surface area contributed by atoms with Crippen LogP contribution in [0.15, 0.2) is 47.2 Å². The number of nitrogens with zero attached hydrogens (tertiary/aromatic N) is 4. The number of hydrogen-bond acceptors (Lipinski definition) is 7. The van der Waals surface area contributed by atoms with Crippen molar-refractivity contribution < 1.29 is 14.1 Å². The lowest BCUT2D eigenvalue weighted by molar-refractivity contribution is 0.0499. The highest BCUT2D eigenvalue weighted by Crippen LogP contribution is 2.21. The van der Waals surface area contributed by atoms with E-state index in [0.29, 0.717) is 11.5 Å². The van der Waals surface area contributed by atoms with Gasteiger partial charge < -0.3 is 14.6 Å². The molecule has 1 amide bonds. The molecule has 27 heavy (non-hydrogen) atoms. The highest BCUT2D eigenvalue weighted by atomic mass is 16.6. The van der Waals surface area contributed by atoms with Gasteiger partial charge in [-0.05, 0) is 52.0 Å². The molecule has 3 aromatic heterocycles. The van der Waals surface area contributed by atoms with Crippen molar-refractivity contribution in [3.63, 3.8) is 0 Å². The molecule has 1 N–H and O–H groups in total. The molecular formula is C19H21N5O3. The molecule has 140 valence electrons. The topological polar surface area (TPSA) is 103 Å². The van der Waals surface area contributed by atoms with Crippen molar-refractivity contribution in [2.24, 2.45) is 0 Å². The van der Waals surface area contributed by atoms with Crippen LogP contribution in [0.3, 0.4) is 0 Å². The summed E-state index contributed by atoms with van der Waals surface area (Å²) in [6, 6.07) is 8.88. The van der Waals surface area contributed by atoms with Gasteiger partial charge >= 0.3 is 6.09 Å². The maximum atomic E-state index is 11.8. The first kappa shape index (κ1) is 18.5. The minimum atomic E-state index is -0.580. The first-order chi connectivity index (χ1) is 12.8. The molecule has 1 atom stereocenters. The fraction of sp³-hybridized carbons (Fsp3) is 0.316. The van der Waals surface area contributed by atoms with Crippen molar-refractivity contribution in [2.45, 2.75) is 39.3 Å². The van der Waals surface area contributed by atoms with Crippen LogP contribution in [-0.4, -0.2) is 31.8 Å². The summed E-state index contributed by atoms with van der Waals surface area (Å²) in [6.07, 6.45) is 2.89. The molecule has 3 aromatic rings. The highest BCUT2D eigenvalue weighted by molar-refractivity contribution is 5.68. The van der Waals surface area contributed by atoms with Crippen LogP contribution in [0.25, 0.3) is 22.8 Å². The second-order valence-corrected chi connectivity index (χ2v) is 6.97. The lowest BCUT2D eigenvalue weighted by Crippen LogP contribution is -2.34. The Morgan fingerprint density at radius 2 is 1.96 bits per heavy atom. The maximum absolute atomic E-state index is 11.8. The summed E-state index contributed by atoms with van der Waals surface area (Å²) in [5.74, 6) is 0.613. The van der Waals surface area contributed by atoms with Crippen molar-refractivity contribution in [1.29, 1.82) is 0 Å². The van der Waals surface area contributed by atoms with E-state index < -0.39 is 17.7 Å². The van der Waals surface area contributed by atoms with E-state index in [4.69, 9.17) is 9.26 Å². The van der Waals surface area contributed by atoms with Crippen LogP contribution in [0.4, 0.5) is 4.79 Å². The summed E-state index contributed by atoms with van der Waals surface area (Å²) >= 11 is 0. The third kappa shape index (κ3) is 4.87. The molecule has 0 fully saturated rings. The zero-order valence-electron chi connectivity index (χ0n) is 15.6. The number of carbonyl (C=O) groups is 1. The molecule has 0 aliphatic heterocycles. The molecule has 0 saturated heterocycles. The minimum absolute atomic E-state index is 0.270. The molecule has 0 saturated carbocycles. The molecule has 0 aliphatic rings. The SMILES string of the molecule is CC(NC(=O)OC(C)(C)C)c1nc(-c2ccc(-c3ccccn3)cn2)no1. The average molecular weight is 367 g/mol. The normalized spacial score (nSPS) is 12.4. The first-order valence-corrected chi connectivity index (χ1v) is 8.53. The molecule has 0 aromatic carbocycles. The van der Waals surface area contributed by atoms with Crippen LogP contribution in [-0.2, 0) is 4.74 Å². The van der Waals surface area contributed by atoms with Gasteiger partial charge in [-0.25, -0.2) is 4.79 Å². The van der Waals surface area contributed by atoms with Crippen molar-refractivity contribution in [1.82, 2.24) is 25.4 Å². The number of hydrogen-bond donors (Lipinski definition) is 1. The zero-order chi connectivity index (χ0) is 19.4. The quantitative estimate of drug-likeness (QED) is 0.748. The fourth-order valence-corrected chi connectivity index (χ4v) is 2.27. The number of nitrogens with one attached hydrogen (secondary N) is 1. The second kappa shape index (κ2) is 7.53. The lowest BCUT2D eigenvalue weighted by Gasteiger charge is -2.20. The molecule has 0 radical (unpaired) electrons. The minimum Gasteiger partial charge on any atom is -0.444 e. The molecule has 0 spiro atoms. The Morgan fingerprint density at radius 3 is 2.59 bits per heavy atom. The Kier molecular flexibility index (Phi) is 5.16. The van der Waals surface area contributed by atoms with Crippen molar-refractivity contribution in [2.75, 3.05) is 0 Å². The van der Waals surface area contributed by atoms with Gasteiger partial charge in [0, 0.05) is 18.0 Å². The van der Waals surface area contributed by atoms with Gasteiger partial charge in [-0.2, -0.15) is 4.98 Å². The van der Waals surface area contributed by atoms with Gasteiger partial charge in [0.1, 0.15) is 17.3 Å². The van der Waals surface area contributed by atoms with Crippen LogP contribution < -0.4 is 5.32 Å². The summed E-state index contributed by atoms with van der Waals surface area (Å²) < 4.78 is 10.5. The van der Waals surface area contributed by atoms with E-state index in [1.54, 1.807) is 46.2 Å². The Bertz CT molecular complexity index is 901. The largest absolute Gasteiger partial charge is 0.444 e. The number of amides is 1.